The molecule has 1 aromatic carbocycles. The summed E-state index contributed by atoms with van der Waals surface area (Å²) in [6, 6.07) is 3.14. The smallest absolute Gasteiger partial charge is 0.138 e. The predicted octanol–water partition coefficient (Wildman–Crippen LogP) is 4.31. The van der Waals surface area contributed by atoms with Crippen LogP contribution < -0.4 is 11.1 Å². The molecule has 0 saturated heterocycles. The van der Waals surface area contributed by atoms with Crippen LogP contribution >= 0.6 is 22.6 Å². The van der Waals surface area contributed by atoms with Gasteiger partial charge in [-0.05, 0) is 60.8 Å². The molecule has 0 heterocycles. The molecule has 0 aromatic heterocycles. The molecule has 1 aliphatic rings. The van der Waals surface area contributed by atoms with Crippen molar-refractivity contribution >= 4 is 34.0 Å². The number of hydrogen-bond acceptors (Lipinski definition) is 2. The van der Waals surface area contributed by atoms with Crippen molar-refractivity contribution in [3.63, 3.8) is 0 Å². The summed E-state index contributed by atoms with van der Waals surface area (Å²) in [7, 11) is 0. The molecule has 0 bridgehead atoms. The first-order valence-corrected chi connectivity index (χ1v) is 7.41. The van der Waals surface area contributed by atoms with E-state index in [0.29, 0.717) is 14.9 Å². The van der Waals surface area contributed by atoms with Gasteiger partial charge in [0.15, 0.2) is 0 Å². The van der Waals surface area contributed by atoms with Gasteiger partial charge in [-0.1, -0.05) is 11.6 Å². The van der Waals surface area contributed by atoms with E-state index in [1.165, 1.54) is 37.3 Å². The molecular weight excluding hydrogens is 342 g/mol. The van der Waals surface area contributed by atoms with E-state index in [4.69, 9.17) is 5.73 Å². The third-order valence-electron chi connectivity index (χ3n) is 3.24. The van der Waals surface area contributed by atoms with Crippen LogP contribution in [0.5, 0.6) is 0 Å². The number of allylic oxidation sites excluding steroid dienone is 1. The first-order valence-electron chi connectivity index (χ1n) is 6.33. The third-order valence-corrected chi connectivity index (χ3v) is 4.07. The summed E-state index contributed by atoms with van der Waals surface area (Å²) in [5.41, 5.74) is 8.68. The van der Waals surface area contributed by atoms with Crippen LogP contribution in [0.3, 0.4) is 0 Å². The fourth-order valence-corrected chi connectivity index (χ4v) is 2.70. The van der Waals surface area contributed by atoms with Crippen molar-refractivity contribution in [3.8, 4) is 0 Å². The van der Waals surface area contributed by atoms with Gasteiger partial charge in [-0.25, -0.2) is 4.39 Å². The number of anilines is 2. The lowest BCUT2D eigenvalue weighted by Gasteiger charge is -2.14. The summed E-state index contributed by atoms with van der Waals surface area (Å²) >= 11 is 1.95. The Morgan fingerprint density at radius 1 is 1.33 bits per heavy atom. The van der Waals surface area contributed by atoms with E-state index in [1.54, 1.807) is 6.07 Å². The maximum absolute atomic E-state index is 13.4. The molecule has 1 aromatic rings. The lowest BCUT2D eigenvalue weighted by Crippen LogP contribution is -2.07. The molecule has 0 amide bonds. The molecule has 0 unspecified atom stereocenters. The van der Waals surface area contributed by atoms with Crippen molar-refractivity contribution in [2.45, 2.75) is 32.1 Å². The van der Waals surface area contributed by atoms with Crippen molar-refractivity contribution in [1.29, 1.82) is 0 Å². The van der Waals surface area contributed by atoms with Crippen LogP contribution in [0, 0.1) is 9.39 Å². The number of rotatable bonds is 4. The van der Waals surface area contributed by atoms with Gasteiger partial charge in [-0.2, -0.15) is 0 Å². The van der Waals surface area contributed by atoms with Crippen molar-refractivity contribution in [3.05, 3.63) is 33.2 Å². The molecule has 2 rings (SSSR count). The first kappa shape index (κ1) is 13.6. The Morgan fingerprint density at radius 3 is 2.89 bits per heavy atom. The Labute approximate surface area is 121 Å². The Bertz CT molecular complexity index is 457. The highest BCUT2D eigenvalue weighted by Crippen LogP contribution is 2.25. The molecule has 0 fully saturated rings. The van der Waals surface area contributed by atoms with Gasteiger partial charge in [0.2, 0.25) is 0 Å². The summed E-state index contributed by atoms with van der Waals surface area (Å²) < 4.78 is 14.0. The molecule has 3 N–H and O–H groups in total. The Hall–Kier alpha value is -0.780. The second-order valence-electron chi connectivity index (χ2n) is 4.64. The zero-order chi connectivity index (χ0) is 13.0. The van der Waals surface area contributed by atoms with Crippen molar-refractivity contribution in [1.82, 2.24) is 0 Å². The predicted molar refractivity (Wildman–Crippen MR) is 83.2 cm³/mol. The lowest BCUT2D eigenvalue weighted by molar-refractivity contribution is 0.621. The molecule has 0 spiro atoms. The average Bonchev–Trinajstić information content (AvgIpc) is 2.37. The SMILES string of the molecule is Nc1cc(I)c(F)cc1NCCC1=CCCCC1. The monoisotopic (exact) mass is 360 g/mol. The van der Waals surface area contributed by atoms with Gasteiger partial charge in [-0.3, -0.25) is 0 Å². The highest BCUT2D eigenvalue weighted by molar-refractivity contribution is 14.1. The maximum Gasteiger partial charge on any atom is 0.138 e. The zero-order valence-electron chi connectivity index (χ0n) is 10.3. The Morgan fingerprint density at radius 2 is 2.17 bits per heavy atom. The molecule has 1 aliphatic carbocycles. The second-order valence-corrected chi connectivity index (χ2v) is 5.80. The Kier molecular flexibility index (Phi) is 4.86. The quantitative estimate of drug-likeness (QED) is 0.477. The third kappa shape index (κ3) is 3.60. The zero-order valence-corrected chi connectivity index (χ0v) is 12.5. The summed E-state index contributed by atoms with van der Waals surface area (Å²) in [6.07, 6.45) is 8.38. The molecule has 2 nitrogen and oxygen atoms in total. The van der Waals surface area contributed by atoms with Crippen molar-refractivity contribution in [2.24, 2.45) is 0 Å². The van der Waals surface area contributed by atoms with Gasteiger partial charge in [0.1, 0.15) is 5.82 Å². The number of halogens is 2. The number of hydrogen-bond donors (Lipinski definition) is 2. The van der Waals surface area contributed by atoms with E-state index < -0.39 is 0 Å². The maximum atomic E-state index is 13.4. The largest absolute Gasteiger partial charge is 0.397 e. The van der Waals surface area contributed by atoms with Crippen LogP contribution in [0.25, 0.3) is 0 Å². The van der Waals surface area contributed by atoms with E-state index in [9.17, 15) is 4.39 Å². The number of nitrogen functional groups attached to an aromatic ring is 1. The number of benzene rings is 1. The number of nitrogens with two attached hydrogens (primary N) is 1. The second kappa shape index (κ2) is 6.41. The van der Waals surface area contributed by atoms with Crippen LogP contribution in [-0.4, -0.2) is 6.54 Å². The molecule has 0 atom stereocenters. The molecule has 18 heavy (non-hydrogen) atoms. The van der Waals surface area contributed by atoms with E-state index in [0.717, 1.165) is 13.0 Å². The fourth-order valence-electron chi connectivity index (χ4n) is 2.20. The molecule has 0 saturated carbocycles. The molecule has 4 heteroatoms. The Balaban J connectivity index is 1.90. The minimum absolute atomic E-state index is 0.218. The van der Waals surface area contributed by atoms with Gasteiger partial charge in [0.05, 0.1) is 14.9 Å². The van der Waals surface area contributed by atoms with Gasteiger partial charge < -0.3 is 11.1 Å². The van der Waals surface area contributed by atoms with Crippen LogP contribution in [-0.2, 0) is 0 Å². The van der Waals surface area contributed by atoms with E-state index in [1.807, 2.05) is 22.6 Å². The van der Waals surface area contributed by atoms with Crippen LogP contribution in [0.15, 0.2) is 23.8 Å². The van der Waals surface area contributed by atoms with Gasteiger partial charge >= 0.3 is 0 Å². The summed E-state index contributed by atoms with van der Waals surface area (Å²) in [4.78, 5) is 0. The van der Waals surface area contributed by atoms with Crippen LogP contribution in [0.4, 0.5) is 15.8 Å². The normalized spacial score (nSPS) is 15.3. The van der Waals surface area contributed by atoms with Crippen molar-refractivity contribution in [2.75, 3.05) is 17.6 Å². The van der Waals surface area contributed by atoms with Crippen molar-refractivity contribution < 1.29 is 4.39 Å². The highest BCUT2D eigenvalue weighted by atomic mass is 127. The molecule has 0 radical (unpaired) electrons. The fraction of sp³-hybridized carbons (Fsp3) is 0.429. The van der Waals surface area contributed by atoms with Gasteiger partial charge in [-0.15, -0.1) is 0 Å². The molecule has 98 valence electrons. The molecular formula is C14H18FIN2. The summed E-state index contributed by atoms with van der Waals surface area (Å²) in [5, 5.41) is 3.22. The standard InChI is InChI=1S/C14H18FIN2/c15-11-8-14(13(17)9-12(11)16)18-7-6-10-4-2-1-3-5-10/h4,8-9,18H,1-3,5-7,17H2. The number of nitrogens with one attached hydrogen (secondary N) is 1. The molecule has 0 aliphatic heterocycles. The topological polar surface area (TPSA) is 38.0 Å². The lowest BCUT2D eigenvalue weighted by atomic mass is 9.97. The minimum atomic E-state index is -0.218. The van der Waals surface area contributed by atoms with Crippen LogP contribution in [0.1, 0.15) is 32.1 Å². The highest BCUT2D eigenvalue weighted by Gasteiger charge is 2.07. The van der Waals surface area contributed by atoms with E-state index in [-0.39, 0.29) is 5.82 Å². The summed E-state index contributed by atoms with van der Waals surface area (Å²) in [5.74, 6) is -0.218. The van der Waals surface area contributed by atoms with Gasteiger partial charge in [0.25, 0.3) is 0 Å². The summed E-state index contributed by atoms with van der Waals surface area (Å²) in [6.45, 7) is 0.816. The first-order chi connectivity index (χ1) is 8.66. The van der Waals surface area contributed by atoms with E-state index in [2.05, 4.69) is 11.4 Å². The van der Waals surface area contributed by atoms with Crippen LogP contribution in [0.2, 0.25) is 0 Å². The minimum Gasteiger partial charge on any atom is -0.397 e. The average molecular weight is 360 g/mol. The van der Waals surface area contributed by atoms with Gasteiger partial charge in [0, 0.05) is 12.6 Å². The van der Waals surface area contributed by atoms with E-state index >= 15 is 0 Å².